The standard InChI is InChI=1S/C19H10ClF6NO2/c20-13-6-5-10(18(21,22)23)9-11(13)15-7-8-16(29-15)17(28)27-14-4-2-1-3-12(14)19(24,25)26/h1-9H,(H,27,28). The summed E-state index contributed by atoms with van der Waals surface area (Å²) in [6.45, 7) is 0. The van der Waals surface area contributed by atoms with Crippen LogP contribution in [0.25, 0.3) is 11.3 Å². The molecule has 0 atom stereocenters. The molecule has 0 saturated heterocycles. The zero-order chi connectivity index (χ0) is 21.4. The van der Waals surface area contributed by atoms with Gasteiger partial charge in [-0.2, -0.15) is 26.3 Å². The van der Waals surface area contributed by atoms with Gasteiger partial charge in [0.15, 0.2) is 5.76 Å². The highest BCUT2D eigenvalue weighted by Crippen LogP contribution is 2.37. The molecule has 3 aromatic rings. The summed E-state index contributed by atoms with van der Waals surface area (Å²) >= 11 is 5.92. The van der Waals surface area contributed by atoms with Gasteiger partial charge in [0.05, 0.1) is 21.8 Å². The third-order valence-electron chi connectivity index (χ3n) is 3.87. The summed E-state index contributed by atoms with van der Waals surface area (Å²) in [6, 6.07) is 9.23. The Hall–Kier alpha value is -2.94. The molecule has 10 heteroatoms. The maximum absolute atomic E-state index is 13.0. The van der Waals surface area contributed by atoms with Crippen molar-refractivity contribution in [1.82, 2.24) is 0 Å². The Labute approximate surface area is 164 Å². The lowest BCUT2D eigenvalue weighted by atomic mass is 10.1. The van der Waals surface area contributed by atoms with Gasteiger partial charge < -0.3 is 9.73 Å². The lowest BCUT2D eigenvalue weighted by molar-refractivity contribution is -0.138. The summed E-state index contributed by atoms with van der Waals surface area (Å²) in [4.78, 5) is 12.3. The van der Waals surface area contributed by atoms with Crippen LogP contribution in [-0.4, -0.2) is 5.91 Å². The quantitative estimate of drug-likeness (QED) is 0.457. The molecule has 1 amide bonds. The van der Waals surface area contributed by atoms with Gasteiger partial charge in [0.2, 0.25) is 0 Å². The molecule has 0 bridgehead atoms. The van der Waals surface area contributed by atoms with Crippen molar-refractivity contribution >= 4 is 23.2 Å². The van der Waals surface area contributed by atoms with Crippen LogP contribution in [0.1, 0.15) is 21.7 Å². The molecule has 0 radical (unpaired) electrons. The van der Waals surface area contributed by atoms with Crippen LogP contribution in [-0.2, 0) is 12.4 Å². The number of alkyl halides is 6. The van der Waals surface area contributed by atoms with E-state index in [9.17, 15) is 31.1 Å². The first kappa shape index (κ1) is 20.8. The predicted octanol–water partition coefficient (Wildman–Crippen LogP) is 6.89. The normalized spacial score (nSPS) is 12.1. The maximum Gasteiger partial charge on any atom is 0.418 e. The number of nitrogens with one attached hydrogen (secondary N) is 1. The van der Waals surface area contributed by atoms with Crippen LogP contribution in [0, 0.1) is 0 Å². The van der Waals surface area contributed by atoms with Gasteiger partial charge in [-0.1, -0.05) is 23.7 Å². The molecule has 0 saturated carbocycles. The van der Waals surface area contributed by atoms with Crippen LogP contribution in [0.2, 0.25) is 5.02 Å². The summed E-state index contributed by atoms with van der Waals surface area (Å²) in [5.74, 6) is -1.54. The van der Waals surface area contributed by atoms with E-state index in [1.54, 1.807) is 0 Å². The average Bonchev–Trinajstić information content (AvgIpc) is 3.10. The summed E-state index contributed by atoms with van der Waals surface area (Å²) < 4.78 is 83.0. The Morgan fingerprint density at radius 2 is 1.59 bits per heavy atom. The minimum Gasteiger partial charge on any atom is -0.451 e. The van der Waals surface area contributed by atoms with Crippen LogP contribution in [0.3, 0.4) is 0 Å². The fourth-order valence-electron chi connectivity index (χ4n) is 2.52. The number of furan rings is 1. The van der Waals surface area contributed by atoms with Crippen molar-refractivity contribution in [3.63, 3.8) is 0 Å². The highest BCUT2D eigenvalue weighted by atomic mass is 35.5. The number of hydrogen-bond donors (Lipinski definition) is 1. The van der Waals surface area contributed by atoms with Gasteiger partial charge in [0.1, 0.15) is 5.76 Å². The molecule has 3 rings (SSSR count). The fraction of sp³-hybridized carbons (Fsp3) is 0.105. The van der Waals surface area contributed by atoms with Crippen LogP contribution >= 0.6 is 11.6 Å². The van der Waals surface area contributed by atoms with Crippen molar-refractivity contribution in [2.45, 2.75) is 12.4 Å². The second kappa shape index (κ2) is 7.47. The Bertz CT molecular complexity index is 1060. The fourth-order valence-corrected chi connectivity index (χ4v) is 2.73. The predicted molar refractivity (Wildman–Crippen MR) is 93.6 cm³/mol. The zero-order valence-corrected chi connectivity index (χ0v) is 14.9. The molecular weight excluding hydrogens is 424 g/mol. The van der Waals surface area contributed by atoms with E-state index < -0.39 is 40.8 Å². The van der Waals surface area contributed by atoms with E-state index in [2.05, 4.69) is 5.32 Å². The number of benzene rings is 2. The SMILES string of the molecule is O=C(Nc1ccccc1C(F)(F)F)c1ccc(-c2cc(C(F)(F)F)ccc2Cl)o1. The van der Waals surface area contributed by atoms with Gasteiger partial charge in [-0.25, -0.2) is 0 Å². The summed E-state index contributed by atoms with van der Waals surface area (Å²) in [7, 11) is 0. The minimum absolute atomic E-state index is 0.0540. The van der Waals surface area contributed by atoms with Gasteiger partial charge in [-0.15, -0.1) is 0 Å². The lowest BCUT2D eigenvalue weighted by Gasteiger charge is -2.12. The van der Waals surface area contributed by atoms with Crippen molar-refractivity contribution in [1.29, 1.82) is 0 Å². The van der Waals surface area contributed by atoms with Crippen LogP contribution < -0.4 is 5.32 Å². The number of carbonyl (C=O) groups excluding carboxylic acids is 1. The Balaban J connectivity index is 1.89. The molecular formula is C19H10ClF6NO2. The van der Waals surface area contributed by atoms with E-state index in [1.165, 1.54) is 18.2 Å². The Kier molecular flexibility index (Phi) is 5.36. The summed E-state index contributed by atoms with van der Waals surface area (Å²) in [6.07, 6.45) is -9.31. The molecule has 1 aromatic heterocycles. The van der Waals surface area contributed by atoms with Gasteiger partial charge in [-0.3, -0.25) is 4.79 Å². The van der Waals surface area contributed by atoms with Gasteiger partial charge in [0, 0.05) is 5.56 Å². The van der Waals surface area contributed by atoms with Crippen molar-refractivity contribution in [2.75, 3.05) is 5.32 Å². The molecule has 0 spiro atoms. The summed E-state index contributed by atoms with van der Waals surface area (Å²) in [5, 5.41) is 2.03. The van der Waals surface area contributed by atoms with Crippen molar-refractivity contribution in [3.8, 4) is 11.3 Å². The van der Waals surface area contributed by atoms with E-state index in [0.717, 1.165) is 36.4 Å². The number of para-hydroxylation sites is 1. The third-order valence-corrected chi connectivity index (χ3v) is 4.20. The number of anilines is 1. The Morgan fingerprint density at radius 3 is 2.24 bits per heavy atom. The Morgan fingerprint density at radius 1 is 0.897 bits per heavy atom. The van der Waals surface area contributed by atoms with E-state index in [1.807, 2.05) is 0 Å². The van der Waals surface area contributed by atoms with Crippen LogP contribution in [0.5, 0.6) is 0 Å². The molecule has 0 aliphatic rings. The van der Waals surface area contributed by atoms with E-state index in [0.29, 0.717) is 0 Å². The molecule has 3 nitrogen and oxygen atoms in total. The number of amides is 1. The van der Waals surface area contributed by atoms with Crippen LogP contribution in [0.15, 0.2) is 59.0 Å². The largest absolute Gasteiger partial charge is 0.451 e. The number of carbonyl (C=O) groups is 1. The van der Waals surface area contributed by atoms with Gasteiger partial charge >= 0.3 is 12.4 Å². The monoisotopic (exact) mass is 433 g/mol. The number of halogens is 7. The maximum atomic E-state index is 13.0. The topological polar surface area (TPSA) is 42.2 Å². The lowest BCUT2D eigenvalue weighted by Crippen LogP contribution is -2.16. The smallest absolute Gasteiger partial charge is 0.418 e. The average molecular weight is 434 g/mol. The molecule has 0 aliphatic heterocycles. The molecule has 152 valence electrons. The first-order valence-corrected chi connectivity index (χ1v) is 8.29. The number of rotatable bonds is 3. The summed E-state index contributed by atoms with van der Waals surface area (Å²) in [5.41, 5.74) is -2.63. The molecule has 1 heterocycles. The second-order valence-corrected chi connectivity index (χ2v) is 6.26. The van der Waals surface area contributed by atoms with E-state index >= 15 is 0 Å². The highest BCUT2D eigenvalue weighted by molar-refractivity contribution is 6.33. The molecule has 1 N–H and O–H groups in total. The first-order valence-electron chi connectivity index (χ1n) is 7.91. The number of hydrogen-bond acceptors (Lipinski definition) is 2. The van der Waals surface area contributed by atoms with Gasteiger partial charge in [-0.05, 0) is 42.5 Å². The molecule has 0 unspecified atom stereocenters. The van der Waals surface area contributed by atoms with Crippen molar-refractivity contribution in [2.24, 2.45) is 0 Å². The molecule has 0 aliphatic carbocycles. The second-order valence-electron chi connectivity index (χ2n) is 5.85. The van der Waals surface area contributed by atoms with E-state index in [4.69, 9.17) is 16.0 Å². The minimum atomic E-state index is -4.69. The molecule has 2 aromatic carbocycles. The molecule has 0 fully saturated rings. The highest BCUT2D eigenvalue weighted by Gasteiger charge is 2.34. The van der Waals surface area contributed by atoms with Crippen molar-refractivity contribution < 1.29 is 35.6 Å². The zero-order valence-electron chi connectivity index (χ0n) is 14.2. The molecule has 29 heavy (non-hydrogen) atoms. The first-order chi connectivity index (χ1) is 13.5. The van der Waals surface area contributed by atoms with Crippen molar-refractivity contribution in [3.05, 3.63) is 76.5 Å². The van der Waals surface area contributed by atoms with Gasteiger partial charge in [0.25, 0.3) is 5.91 Å². The van der Waals surface area contributed by atoms with Crippen LogP contribution in [0.4, 0.5) is 32.0 Å². The third kappa shape index (κ3) is 4.56. The van der Waals surface area contributed by atoms with E-state index in [-0.39, 0.29) is 16.3 Å².